The van der Waals surface area contributed by atoms with Crippen molar-refractivity contribution in [2.24, 2.45) is 0 Å². The van der Waals surface area contributed by atoms with Crippen LogP contribution < -0.4 is 0 Å². The lowest BCUT2D eigenvalue weighted by atomic mass is 9.94. The molecule has 12 bridgehead atoms. The Morgan fingerprint density at radius 1 is 0.300 bits per heavy atom. The highest BCUT2D eigenvalue weighted by atomic mass is 16.8. The van der Waals surface area contributed by atoms with Crippen LogP contribution in [-0.2, 0) is 63.4 Å². The lowest BCUT2D eigenvalue weighted by Crippen LogP contribution is -2.69. The second kappa shape index (κ2) is 22.8. The second-order valence-electron chi connectivity index (χ2n) is 17.8. The molecular weight excluding hydrogens is 962 g/mol. The molecule has 0 amide bonds. The molecular formula is C38H61N3O29. The Labute approximate surface area is 394 Å². The first-order valence-electron chi connectivity index (χ1n) is 22.4. The fraction of sp³-hybridized carbons (Fsp3) is 0.947. The highest BCUT2D eigenvalue weighted by molar-refractivity contribution is 5.01. The van der Waals surface area contributed by atoms with Gasteiger partial charge in [0.15, 0.2) is 37.7 Å². The molecule has 22 saturated heterocycles. The molecule has 1 aromatic rings. The number of hydrogen-bond donors (Lipinski definition) is 17. The summed E-state index contributed by atoms with van der Waals surface area (Å²) in [6.45, 7) is -5.31. The average Bonchev–Trinajstić information content (AvgIpc) is 3.87. The van der Waals surface area contributed by atoms with E-state index in [0.29, 0.717) is 0 Å². The minimum Gasteiger partial charge on any atom is -0.394 e. The summed E-state index contributed by atoms with van der Waals surface area (Å²) >= 11 is 0. The average molecular weight is 1020 g/mol. The van der Waals surface area contributed by atoms with Crippen molar-refractivity contribution in [2.45, 2.75) is 191 Å². The van der Waals surface area contributed by atoms with Gasteiger partial charge in [0, 0.05) is 6.20 Å². The van der Waals surface area contributed by atoms with Crippen molar-refractivity contribution in [3.8, 4) is 0 Å². The highest BCUT2D eigenvalue weighted by Gasteiger charge is 2.58. The topological polar surface area (TPSA) is 485 Å². The summed E-state index contributed by atoms with van der Waals surface area (Å²) in [5, 5.41) is 195. The number of aliphatic hydroxyl groups excluding tert-OH is 17. The molecule has 0 aliphatic carbocycles. The molecule has 32 heteroatoms. The molecule has 402 valence electrons. The maximum absolute atomic E-state index is 11.6. The molecule has 22 aliphatic heterocycles. The standard InChI is InChI=1S/C38H61N3O29/c42-4-10-28-17(49)23(55)35(61-10)68-30-12(6-44)63-37(25(57)19(30)51)70-32-14(8-46)64-38(26(58)20(32)52)69-31-13(7-45)62-36(24(56)18(31)50)67-29-11(5-43)60-34(22(54)16(29)48)65-27-9(3-41-2-1-39-40-41)59-33(66-28)21(53)15(27)47/h1-2,9-38,42-58H,3-8H2. The molecule has 30 atom stereocenters. The first-order valence-corrected chi connectivity index (χ1v) is 22.4. The number of nitrogens with zero attached hydrogens (tertiary/aromatic N) is 3. The van der Waals surface area contributed by atoms with Crippen molar-refractivity contribution >= 4 is 0 Å². The van der Waals surface area contributed by atoms with E-state index >= 15 is 0 Å². The Morgan fingerprint density at radius 3 is 0.714 bits per heavy atom. The molecule has 0 spiro atoms. The van der Waals surface area contributed by atoms with E-state index in [0.717, 1.165) is 0 Å². The number of aromatic nitrogens is 3. The van der Waals surface area contributed by atoms with Gasteiger partial charge in [-0.3, -0.25) is 0 Å². The van der Waals surface area contributed by atoms with Gasteiger partial charge in [-0.1, -0.05) is 5.21 Å². The summed E-state index contributed by atoms with van der Waals surface area (Å²) in [4.78, 5) is 0. The van der Waals surface area contributed by atoms with Crippen LogP contribution in [0.25, 0.3) is 0 Å². The van der Waals surface area contributed by atoms with Gasteiger partial charge in [0.25, 0.3) is 0 Å². The first-order chi connectivity index (χ1) is 33.4. The predicted molar refractivity (Wildman–Crippen MR) is 209 cm³/mol. The van der Waals surface area contributed by atoms with Crippen LogP contribution in [0, 0.1) is 0 Å². The molecule has 22 fully saturated rings. The summed E-state index contributed by atoms with van der Waals surface area (Å²) < 4.78 is 70.4. The van der Waals surface area contributed by atoms with Gasteiger partial charge < -0.3 is 144 Å². The minimum absolute atomic E-state index is 0.346. The van der Waals surface area contributed by atoms with Gasteiger partial charge in [-0.05, 0) is 0 Å². The zero-order valence-corrected chi connectivity index (χ0v) is 36.6. The van der Waals surface area contributed by atoms with Gasteiger partial charge in [0.05, 0.1) is 45.8 Å². The summed E-state index contributed by atoms with van der Waals surface area (Å²) in [6, 6.07) is 0. The fourth-order valence-corrected chi connectivity index (χ4v) is 9.44. The highest BCUT2D eigenvalue weighted by Crippen LogP contribution is 2.38. The monoisotopic (exact) mass is 1020 g/mol. The van der Waals surface area contributed by atoms with Crippen LogP contribution in [0.15, 0.2) is 12.4 Å². The smallest absolute Gasteiger partial charge is 0.187 e. The van der Waals surface area contributed by atoms with Gasteiger partial charge in [-0.2, -0.15) is 0 Å². The van der Waals surface area contributed by atoms with Crippen LogP contribution >= 0.6 is 0 Å². The van der Waals surface area contributed by atoms with Crippen molar-refractivity contribution in [3.63, 3.8) is 0 Å². The van der Waals surface area contributed by atoms with E-state index in [9.17, 15) is 86.8 Å². The van der Waals surface area contributed by atoms with Gasteiger partial charge in [-0.25, -0.2) is 4.68 Å². The maximum atomic E-state index is 11.6. The normalized spacial score (nSPS) is 52.9. The third kappa shape index (κ3) is 10.5. The molecule has 0 radical (unpaired) electrons. The van der Waals surface area contributed by atoms with E-state index in [1.165, 1.54) is 17.1 Å². The third-order valence-corrected chi connectivity index (χ3v) is 13.3. The van der Waals surface area contributed by atoms with Crippen molar-refractivity contribution in [1.29, 1.82) is 0 Å². The van der Waals surface area contributed by atoms with Gasteiger partial charge in [0.2, 0.25) is 0 Å². The predicted octanol–water partition coefficient (Wildman–Crippen LogP) is -12.8. The fourth-order valence-electron chi connectivity index (χ4n) is 9.44. The Morgan fingerprint density at radius 2 is 0.514 bits per heavy atom. The lowest BCUT2D eigenvalue weighted by molar-refractivity contribution is -0.403. The molecule has 17 N–H and O–H groups in total. The number of rotatable bonds is 7. The summed E-state index contributed by atoms with van der Waals surface area (Å²) in [7, 11) is 0. The van der Waals surface area contributed by atoms with Gasteiger partial charge >= 0.3 is 0 Å². The number of aliphatic hydroxyl groups is 17. The van der Waals surface area contributed by atoms with Crippen molar-refractivity contribution in [1.82, 2.24) is 15.0 Å². The first kappa shape index (κ1) is 54.2. The molecule has 0 aromatic carbocycles. The Hall–Kier alpha value is -2.02. The van der Waals surface area contributed by atoms with Crippen LogP contribution in [-0.4, -0.2) is 319 Å². The van der Waals surface area contributed by atoms with Crippen LogP contribution in [0.3, 0.4) is 0 Å². The SMILES string of the molecule is OCC1OC2OC3C(CO)OC(OC4C(CO)OC(OC5C(Cn6ccnn6)OC(OC6C(CO)OC(OC7C(CO)OC(OC1C(O)C2O)C(O)C7O)C(O)C6O)C(O)C5O)C(O)C4O)C(O)C3O. The quantitative estimate of drug-likeness (QED) is 0.121. The molecule has 30 unspecified atom stereocenters. The molecule has 32 nitrogen and oxygen atoms in total. The summed E-state index contributed by atoms with van der Waals surface area (Å²) in [5.41, 5.74) is 0. The molecule has 0 saturated carbocycles. The largest absolute Gasteiger partial charge is 0.394 e. The Kier molecular flexibility index (Phi) is 17.7. The number of hydrogen-bond acceptors (Lipinski definition) is 31. The molecule has 70 heavy (non-hydrogen) atoms. The molecule has 22 aliphatic rings. The molecule has 23 rings (SSSR count). The van der Waals surface area contributed by atoms with Gasteiger partial charge in [0.1, 0.15) is 146 Å². The maximum Gasteiger partial charge on any atom is 0.187 e. The third-order valence-electron chi connectivity index (χ3n) is 13.3. The summed E-state index contributed by atoms with van der Waals surface area (Å²) in [5.74, 6) is 0. The Bertz CT molecular complexity index is 1770. The zero-order chi connectivity index (χ0) is 50.5. The molecule has 23 heterocycles. The minimum atomic E-state index is -2.15. The van der Waals surface area contributed by atoms with Crippen LogP contribution in [0.4, 0.5) is 0 Å². The van der Waals surface area contributed by atoms with E-state index in [2.05, 4.69) is 10.3 Å². The van der Waals surface area contributed by atoms with E-state index in [-0.39, 0.29) is 6.54 Å². The van der Waals surface area contributed by atoms with Crippen LogP contribution in [0.1, 0.15) is 0 Å². The van der Waals surface area contributed by atoms with E-state index in [1.54, 1.807) is 0 Å². The van der Waals surface area contributed by atoms with E-state index in [4.69, 9.17) is 56.8 Å². The summed E-state index contributed by atoms with van der Waals surface area (Å²) in [6.07, 6.45) is -55.3. The van der Waals surface area contributed by atoms with E-state index in [1.807, 2.05) is 0 Å². The Balaban J connectivity index is 1.11. The van der Waals surface area contributed by atoms with Crippen molar-refractivity contribution in [2.75, 3.05) is 33.0 Å². The van der Waals surface area contributed by atoms with Crippen LogP contribution in [0.5, 0.6) is 0 Å². The van der Waals surface area contributed by atoms with Crippen LogP contribution in [0.2, 0.25) is 0 Å². The van der Waals surface area contributed by atoms with Gasteiger partial charge in [-0.15, -0.1) is 5.10 Å². The van der Waals surface area contributed by atoms with Crippen molar-refractivity contribution in [3.05, 3.63) is 12.4 Å². The van der Waals surface area contributed by atoms with E-state index < -0.39 is 217 Å². The lowest BCUT2D eigenvalue weighted by Gasteiger charge is -2.50. The number of ether oxygens (including phenoxy) is 12. The van der Waals surface area contributed by atoms with Crippen molar-refractivity contribution < 1.29 is 144 Å². The zero-order valence-electron chi connectivity index (χ0n) is 36.6. The molecule has 1 aromatic heterocycles. The second-order valence-corrected chi connectivity index (χ2v) is 17.8.